The highest BCUT2D eigenvalue weighted by Crippen LogP contribution is 2.36. The topological polar surface area (TPSA) is 0 Å². The Morgan fingerprint density at radius 2 is 1.50 bits per heavy atom. The van der Waals surface area contributed by atoms with Crippen LogP contribution >= 0.6 is 34.8 Å². The van der Waals surface area contributed by atoms with Gasteiger partial charge in [-0.05, 0) is 12.1 Å². The summed E-state index contributed by atoms with van der Waals surface area (Å²) >= 11 is 16.6. The SMILES string of the molecule is FC(F)(F)c1cc(Cl)c(CCl)c(Cl)c1. The zero-order chi connectivity index (χ0) is 10.9. The zero-order valence-corrected chi connectivity index (χ0v) is 8.90. The molecule has 1 aromatic carbocycles. The monoisotopic (exact) mass is 262 g/mol. The Morgan fingerprint density at radius 1 is 1.07 bits per heavy atom. The minimum atomic E-state index is -4.45. The second-order valence-corrected chi connectivity index (χ2v) is 3.63. The molecule has 14 heavy (non-hydrogen) atoms. The first-order valence-electron chi connectivity index (χ1n) is 3.47. The second-order valence-electron chi connectivity index (χ2n) is 2.55. The van der Waals surface area contributed by atoms with Crippen molar-refractivity contribution < 1.29 is 13.2 Å². The summed E-state index contributed by atoms with van der Waals surface area (Å²) in [5.74, 6) is -0.0181. The lowest BCUT2D eigenvalue weighted by Crippen LogP contribution is -2.05. The molecular formula is C8H4Cl3F3. The third-order valence-corrected chi connectivity index (χ3v) is 2.54. The van der Waals surface area contributed by atoms with Crippen LogP contribution in [-0.4, -0.2) is 0 Å². The molecule has 0 saturated heterocycles. The van der Waals surface area contributed by atoms with Gasteiger partial charge in [-0.15, -0.1) is 11.6 Å². The van der Waals surface area contributed by atoms with Crippen LogP contribution in [0.2, 0.25) is 10.0 Å². The maximum Gasteiger partial charge on any atom is 0.416 e. The molecule has 0 heterocycles. The minimum absolute atomic E-state index is 0.0181. The molecule has 0 aromatic heterocycles. The highest BCUT2D eigenvalue weighted by atomic mass is 35.5. The summed E-state index contributed by atoms with van der Waals surface area (Å²) in [7, 11) is 0. The van der Waals surface area contributed by atoms with E-state index in [-0.39, 0.29) is 15.9 Å². The van der Waals surface area contributed by atoms with Crippen LogP contribution in [-0.2, 0) is 12.1 Å². The van der Waals surface area contributed by atoms with Crippen molar-refractivity contribution in [1.82, 2.24) is 0 Å². The molecule has 0 nitrogen and oxygen atoms in total. The third kappa shape index (κ3) is 2.47. The predicted octanol–water partition coefficient (Wildman–Crippen LogP) is 4.75. The lowest BCUT2D eigenvalue weighted by atomic mass is 10.1. The fraction of sp³-hybridized carbons (Fsp3) is 0.250. The van der Waals surface area contributed by atoms with E-state index in [2.05, 4.69) is 0 Å². The Labute approximate surface area is 93.6 Å². The maximum absolute atomic E-state index is 12.2. The number of alkyl halides is 4. The van der Waals surface area contributed by atoms with Gasteiger partial charge in [0, 0.05) is 15.6 Å². The first-order valence-corrected chi connectivity index (χ1v) is 4.76. The molecular weight excluding hydrogens is 259 g/mol. The number of halogens is 6. The molecule has 0 aliphatic carbocycles. The van der Waals surface area contributed by atoms with Gasteiger partial charge in [0.1, 0.15) is 0 Å². The van der Waals surface area contributed by atoms with Gasteiger partial charge in [-0.1, -0.05) is 23.2 Å². The summed E-state index contributed by atoms with van der Waals surface area (Å²) in [6, 6.07) is 1.62. The largest absolute Gasteiger partial charge is 0.416 e. The van der Waals surface area contributed by atoms with Crippen LogP contribution in [0.3, 0.4) is 0 Å². The van der Waals surface area contributed by atoms with Gasteiger partial charge in [0.15, 0.2) is 0 Å². The van der Waals surface area contributed by atoms with E-state index in [9.17, 15) is 13.2 Å². The van der Waals surface area contributed by atoms with E-state index < -0.39 is 11.7 Å². The van der Waals surface area contributed by atoms with Crippen molar-refractivity contribution in [3.05, 3.63) is 33.3 Å². The van der Waals surface area contributed by atoms with Crippen molar-refractivity contribution in [1.29, 1.82) is 0 Å². The molecule has 0 spiro atoms. The Kier molecular flexibility index (Phi) is 3.56. The fourth-order valence-corrected chi connectivity index (χ4v) is 1.94. The molecule has 0 aliphatic rings. The highest BCUT2D eigenvalue weighted by molar-refractivity contribution is 6.37. The maximum atomic E-state index is 12.2. The smallest absolute Gasteiger partial charge is 0.166 e. The van der Waals surface area contributed by atoms with E-state index in [1.54, 1.807) is 0 Å². The van der Waals surface area contributed by atoms with E-state index in [1.807, 2.05) is 0 Å². The molecule has 1 aromatic rings. The fourth-order valence-electron chi connectivity index (χ4n) is 0.894. The predicted molar refractivity (Wildman–Crippen MR) is 51.0 cm³/mol. The van der Waals surface area contributed by atoms with Crippen LogP contribution in [0, 0.1) is 0 Å². The van der Waals surface area contributed by atoms with Gasteiger partial charge < -0.3 is 0 Å². The van der Waals surface area contributed by atoms with Gasteiger partial charge in [-0.2, -0.15) is 13.2 Å². The normalized spacial score (nSPS) is 11.9. The van der Waals surface area contributed by atoms with Crippen LogP contribution in [0.1, 0.15) is 11.1 Å². The van der Waals surface area contributed by atoms with Crippen molar-refractivity contribution in [3.63, 3.8) is 0 Å². The molecule has 0 radical (unpaired) electrons. The minimum Gasteiger partial charge on any atom is -0.166 e. The van der Waals surface area contributed by atoms with Gasteiger partial charge in [-0.25, -0.2) is 0 Å². The van der Waals surface area contributed by atoms with Crippen LogP contribution < -0.4 is 0 Å². The number of rotatable bonds is 1. The van der Waals surface area contributed by atoms with Crippen molar-refractivity contribution in [2.45, 2.75) is 12.1 Å². The molecule has 0 bridgehead atoms. The van der Waals surface area contributed by atoms with E-state index in [4.69, 9.17) is 34.8 Å². The van der Waals surface area contributed by atoms with Gasteiger partial charge in [0.05, 0.1) is 11.4 Å². The van der Waals surface area contributed by atoms with Crippen molar-refractivity contribution in [2.24, 2.45) is 0 Å². The lowest BCUT2D eigenvalue weighted by molar-refractivity contribution is -0.137. The Morgan fingerprint density at radius 3 is 1.79 bits per heavy atom. The Balaban J connectivity index is 3.28. The molecule has 0 aliphatic heterocycles. The molecule has 0 atom stereocenters. The van der Waals surface area contributed by atoms with Crippen molar-refractivity contribution in [3.8, 4) is 0 Å². The Bertz CT molecular complexity index is 323. The average Bonchev–Trinajstić information content (AvgIpc) is 2.01. The quantitative estimate of drug-likeness (QED) is 0.641. The van der Waals surface area contributed by atoms with Gasteiger partial charge in [-0.3, -0.25) is 0 Å². The standard InChI is InChI=1S/C8H4Cl3F3/c9-3-5-6(10)1-4(2-7(5)11)8(12,13)14/h1-2H,3H2. The van der Waals surface area contributed by atoms with E-state index in [0.29, 0.717) is 5.56 Å². The van der Waals surface area contributed by atoms with Gasteiger partial charge in [0.25, 0.3) is 0 Å². The number of hydrogen-bond donors (Lipinski definition) is 0. The van der Waals surface area contributed by atoms with E-state index >= 15 is 0 Å². The van der Waals surface area contributed by atoms with Gasteiger partial charge in [0.2, 0.25) is 0 Å². The third-order valence-electron chi connectivity index (χ3n) is 1.60. The van der Waals surface area contributed by atoms with Crippen molar-refractivity contribution >= 4 is 34.8 Å². The second kappa shape index (κ2) is 4.17. The molecule has 1 rings (SSSR count). The first-order chi connectivity index (χ1) is 6.36. The summed E-state index contributed by atoms with van der Waals surface area (Å²) in [6.45, 7) is 0. The van der Waals surface area contributed by atoms with Gasteiger partial charge >= 0.3 is 6.18 Å². The number of hydrogen-bond acceptors (Lipinski definition) is 0. The summed E-state index contributed by atoms with van der Waals surface area (Å²) < 4.78 is 36.7. The van der Waals surface area contributed by atoms with Crippen LogP contribution in [0.25, 0.3) is 0 Å². The molecule has 0 N–H and O–H groups in total. The zero-order valence-electron chi connectivity index (χ0n) is 6.63. The molecule has 78 valence electrons. The van der Waals surface area contributed by atoms with E-state index in [1.165, 1.54) is 0 Å². The molecule has 6 heteroatoms. The average molecular weight is 263 g/mol. The Hall–Kier alpha value is -0.120. The summed E-state index contributed by atoms with van der Waals surface area (Å²) in [5, 5.41) is -0.139. The van der Waals surface area contributed by atoms with Crippen molar-refractivity contribution in [2.75, 3.05) is 0 Å². The van der Waals surface area contributed by atoms with Crippen LogP contribution in [0.4, 0.5) is 13.2 Å². The summed E-state index contributed by atoms with van der Waals surface area (Å²) in [4.78, 5) is 0. The van der Waals surface area contributed by atoms with Crippen LogP contribution in [0.5, 0.6) is 0 Å². The highest BCUT2D eigenvalue weighted by Gasteiger charge is 2.31. The van der Waals surface area contributed by atoms with E-state index in [0.717, 1.165) is 12.1 Å². The first kappa shape index (κ1) is 12.0. The lowest BCUT2D eigenvalue weighted by Gasteiger charge is -2.10. The summed E-state index contributed by atoms with van der Waals surface area (Å²) in [5.41, 5.74) is -0.565. The molecule has 0 amide bonds. The summed E-state index contributed by atoms with van der Waals surface area (Å²) in [6.07, 6.45) is -4.45. The molecule has 0 fully saturated rings. The molecule has 0 unspecified atom stereocenters. The number of benzene rings is 1. The van der Waals surface area contributed by atoms with Crippen LogP contribution in [0.15, 0.2) is 12.1 Å². The molecule has 0 saturated carbocycles.